The molecule has 2 heterocycles. The Hall–Kier alpha value is -2.89. The lowest BCUT2D eigenvalue weighted by Gasteiger charge is -2.11. The van der Waals surface area contributed by atoms with Gasteiger partial charge in [0.1, 0.15) is 5.69 Å². The molecule has 0 radical (unpaired) electrons. The largest absolute Gasteiger partial charge is 0.339 e. The summed E-state index contributed by atoms with van der Waals surface area (Å²) in [6.07, 6.45) is 4.09. The molecule has 1 saturated carbocycles. The third-order valence-corrected chi connectivity index (χ3v) is 4.64. The quantitative estimate of drug-likeness (QED) is 0.771. The van der Waals surface area contributed by atoms with E-state index in [1.54, 1.807) is 6.07 Å². The number of amides is 1. The summed E-state index contributed by atoms with van der Waals surface area (Å²) in [5.74, 6) is 1.59. The molecule has 6 nitrogen and oxygen atoms in total. The average Bonchev–Trinajstić information content (AvgIpc) is 3.16. The molecule has 1 N–H and O–H groups in total. The van der Waals surface area contributed by atoms with Crippen LogP contribution in [0.2, 0.25) is 0 Å². The van der Waals surface area contributed by atoms with Gasteiger partial charge in [-0.2, -0.15) is 4.98 Å². The minimum atomic E-state index is -0.149. The highest BCUT2D eigenvalue weighted by atomic mass is 16.5. The van der Waals surface area contributed by atoms with E-state index in [-0.39, 0.29) is 5.91 Å². The van der Waals surface area contributed by atoms with Crippen molar-refractivity contribution >= 4 is 11.6 Å². The van der Waals surface area contributed by atoms with E-state index >= 15 is 0 Å². The number of anilines is 1. The summed E-state index contributed by atoms with van der Waals surface area (Å²) in [7, 11) is 0. The molecule has 0 aliphatic heterocycles. The Labute approximate surface area is 145 Å². The summed E-state index contributed by atoms with van der Waals surface area (Å²) in [4.78, 5) is 17.1. The van der Waals surface area contributed by atoms with Crippen molar-refractivity contribution in [1.82, 2.24) is 14.7 Å². The van der Waals surface area contributed by atoms with E-state index in [1.807, 2.05) is 48.9 Å². The van der Waals surface area contributed by atoms with Crippen LogP contribution in [0.4, 0.5) is 5.69 Å². The van der Waals surface area contributed by atoms with Gasteiger partial charge in [-0.25, -0.2) is 0 Å². The molecule has 4 rings (SSSR count). The highest BCUT2D eigenvalue weighted by Crippen LogP contribution is 2.38. The second kappa shape index (κ2) is 6.20. The van der Waals surface area contributed by atoms with Crippen LogP contribution >= 0.6 is 0 Å². The molecule has 128 valence electrons. The highest BCUT2D eigenvalue weighted by Gasteiger charge is 2.29. The summed E-state index contributed by atoms with van der Waals surface area (Å²) in [5.41, 5.74) is 3.61. The lowest BCUT2D eigenvalue weighted by atomic mass is 10.1. The maximum Gasteiger partial charge on any atom is 0.272 e. The zero-order chi connectivity index (χ0) is 17.4. The van der Waals surface area contributed by atoms with Gasteiger partial charge in [0.2, 0.25) is 5.89 Å². The van der Waals surface area contributed by atoms with Gasteiger partial charge in [0.15, 0.2) is 5.82 Å². The SMILES string of the molecule is Cc1cccc(NC(=O)c2cccn2Cc2noc(C3CC3)n2)c1C. The van der Waals surface area contributed by atoms with Crippen molar-refractivity contribution in [3.8, 4) is 0 Å². The Balaban J connectivity index is 1.51. The fourth-order valence-electron chi connectivity index (χ4n) is 2.81. The average molecular weight is 336 g/mol. The molecule has 0 unspecified atom stereocenters. The number of aryl methyl sites for hydroxylation is 1. The Morgan fingerprint density at radius 1 is 1.28 bits per heavy atom. The van der Waals surface area contributed by atoms with Crippen molar-refractivity contribution in [2.75, 3.05) is 5.32 Å². The molecule has 1 amide bonds. The van der Waals surface area contributed by atoms with E-state index < -0.39 is 0 Å². The normalized spacial score (nSPS) is 13.8. The summed E-state index contributed by atoms with van der Waals surface area (Å²) in [6, 6.07) is 9.52. The second-order valence-corrected chi connectivity index (χ2v) is 6.55. The summed E-state index contributed by atoms with van der Waals surface area (Å²) in [6.45, 7) is 4.45. The monoisotopic (exact) mass is 336 g/mol. The van der Waals surface area contributed by atoms with Crippen LogP contribution in [0.1, 0.15) is 52.1 Å². The molecule has 0 atom stereocenters. The molecule has 3 aromatic rings. The van der Waals surface area contributed by atoms with Crippen LogP contribution in [-0.4, -0.2) is 20.6 Å². The second-order valence-electron chi connectivity index (χ2n) is 6.55. The Kier molecular flexibility index (Phi) is 3.87. The van der Waals surface area contributed by atoms with Crippen molar-refractivity contribution in [2.45, 2.75) is 39.2 Å². The Bertz CT molecular complexity index is 921. The lowest BCUT2D eigenvalue weighted by Crippen LogP contribution is -2.18. The van der Waals surface area contributed by atoms with Crippen molar-refractivity contribution in [3.05, 3.63) is 65.1 Å². The fraction of sp³-hybridized carbons (Fsp3) is 0.316. The third-order valence-electron chi connectivity index (χ3n) is 4.64. The van der Waals surface area contributed by atoms with E-state index in [0.29, 0.717) is 29.9 Å². The van der Waals surface area contributed by atoms with Gasteiger partial charge in [-0.1, -0.05) is 17.3 Å². The van der Waals surface area contributed by atoms with Gasteiger partial charge in [0.05, 0.1) is 6.54 Å². The van der Waals surface area contributed by atoms with Crippen LogP contribution in [-0.2, 0) is 6.54 Å². The smallest absolute Gasteiger partial charge is 0.272 e. The molecule has 25 heavy (non-hydrogen) atoms. The van der Waals surface area contributed by atoms with E-state index in [0.717, 1.165) is 29.7 Å². The minimum Gasteiger partial charge on any atom is -0.339 e. The van der Waals surface area contributed by atoms with Gasteiger partial charge in [-0.05, 0) is 56.0 Å². The van der Waals surface area contributed by atoms with Gasteiger partial charge < -0.3 is 14.4 Å². The van der Waals surface area contributed by atoms with Gasteiger partial charge >= 0.3 is 0 Å². The molecule has 2 aromatic heterocycles. The first-order valence-corrected chi connectivity index (χ1v) is 8.47. The van der Waals surface area contributed by atoms with Crippen LogP contribution in [0, 0.1) is 13.8 Å². The van der Waals surface area contributed by atoms with Crippen LogP contribution < -0.4 is 5.32 Å². The number of carbonyl (C=O) groups excluding carboxylic acids is 1. The third kappa shape index (κ3) is 3.20. The number of benzene rings is 1. The van der Waals surface area contributed by atoms with E-state index in [9.17, 15) is 4.79 Å². The number of carbonyl (C=O) groups is 1. The molecule has 1 aliphatic rings. The maximum atomic E-state index is 12.7. The number of nitrogens with zero attached hydrogens (tertiary/aromatic N) is 3. The van der Waals surface area contributed by atoms with Crippen molar-refractivity contribution in [2.24, 2.45) is 0 Å². The van der Waals surface area contributed by atoms with E-state index in [2.05, 4.69) is 15.5 Å². The van der Waals surface area contributed by atoms with Crippen molar-refractivity contribution < 1.29 is 9.32 Å². The summed E-state index contributed by atoms with van der Waals surface area (Å²) >= 11 is 0. The molecule has 6 heteroatoms. The summed E-state index contributed by atoms with van der Waals surface area (Å²) in [5, 5.41) is 7.01. The number of nitrogens with one attached hydrogen (secondary N) is 1. The van der Waals surface area contributed by atoms with Crippen LogP contribution in [0.5, 0.6) is 0 Å². The Morgan fingerprint density at radius 2 is 2.12 bits per heavy atom. The number of aromatic nitrogens is 3. The van der Waals surface area contributed by atoms with E-state index in [4.69, 9.17) is 4.52 Å². The Morgan fingerprint density at radius 3 is 2.92 bits per heavy atom. The van der Waals surface area contributed by atoms with Crippen LogP contribution in [0.3, 0.4) is 0 Å². The number of hydrogen-bond donors (Lipinski definition) is 1. The van der Waals surface area contributed by atoms with Crippen LogP contribution in [0.25, 0.3) is 0 Å². The van der Waals surface area contributed by atoms with Crippen LogP contribution in [0.15, 0.2) is 41.1 Å². The predicted octanol–water partition coefficient (Wildman–Crippen LogP) is 3.67. The number of rotatable bonds is 5. The van der Waals surface area contributed by atoms with Gasteiger partial charge in [0, 0.05) is 17.8 Å². The molecular weight excluding hydrogens is 316 g/mol. The topological polar surface area (TPSA) is 73.0 Å². The highest BCUT2D eigenvalue weighted by molar-refractivity contribution is 6.03. The first-order chi connectivity index (χ1) is 12.1. The molecule has 1 aromatic carbocycles. The van der Waals surface area contributed by atoms with Gasteiger partial charge in [-0.15, -0.1) is 0 Å². The fourth-order valence-corrected chi connectivity index (χ4v) is 2.81. The van der Waals surface area contributed by atoms with Crippen molar-refractivity contribution in [3.63, 3.8) is 0 Å². The maximum absolute atomic E-state index is 12.7. The molecule has 0 saturated heterocycles. The zero-order valence-electron chi connectivity index (χ0n) is 14.3. The minimum absolute atomic E-state index is 0.149. The standard InChI is InChI=1S/C19H20N4O2/c1-12-5-3-6-15(13(12)2)20-18(24)16-7-4-10-23(16)11-17-21-19(25-22-17)14-8-9-14/h3-7,10,14H,8-9,11H2,1-2H3,(H,20,24). The van der Waals surface area contributed by atoms with Gasteiger partial charge in [-0.3, -0.25) is 4.79 Å². The van der Waals surface area contributed by atoms with E-state index in [1.165, 1.54) is 0 Å². The zero-order valence-corrected chi connectivity index (χ0v) is 14.3. The van der Waals surface area contributed by atoms with Gasteiger partial charge in [0.25, 0.3) is 5.91 Å². The first kappa shape index (κ1) is 15.6. The number of hydrogen-bond acceptors (Lipinski definition) is 4. The molecule has 0 bridgehead atoms. The first-order valence-electron chi connectivity index (χ1n) is 8.47. The molecule has 0 spiro atoms. The summed E-state index contributed by atoms with van der Waals surface area (Å²) < 4.78 is 7.12. The molecule has 1 aliphatic carbocycles. The van der Waals surface area contributed by atoms with Crippen molar-refractivity contribution in [1.29, 1.82) is 0 Å². The predicted molar refractivity (Wildman–Crippen MR) is 93.7 cm³/mol. The lowest BCUT2D eigenvalue weighted by molar-refractivity contribution is 0.101. The molecular formula is C19H20N4O2. The molecule has 1 fully saturated rings.